The molecule has 3 heterocycles. The number of methoxy groups -OCH3 is 1. The Kier molecular flexibility index (Phi) is 4.60. The molecular formula is C20H17N3O3S. The van der Waals surface area contributed by atoms with E-state index in [0.717, 1.165) is 21.5 Å². The van der Waals surface area contributed by atoms with Crippen LogP contribution in [0.5, 0.6) is 5.75 Å². The maximum Gasteiger partial charge on any atom is 0.296 e. The van der Waals surface area contributed by atoms with Gasteiger partial charge in [0.25, 0.3) is 5.91 Å². The highest BCUT2D eigenvalue weighted by Gasteiger charge is 2.25. The van der Waals surface area contributed by atoms with Gasteiger partial charge in [0.2, 0.25) is 0 Å². The summed E-state index contributed by atoms with van der Waals surface area (Å²) in [4.78, 5) is 23.7. The molecule has 27 heavy (non-hydrogen) atoms. The van der Waals surface area contributed by atoms with Gasteiger partial charge in [-0.25, -0.2) is 4.98 Å². The van der Waals surface area contributed by atoms with Crippen LogP contribution >= 0.6 is 11.3 Å². The van der Waals surface area contributed by atoms with E-state index in [9.17, 15) is 4.79 Å². The molecule has 0 unspecified atom stereocenters. The summed E-state index contributed by atoms with van der Waals surface area (Å²) in [5.41, 5.74) is 2.59. The summed E-state index contributed by atoms with van der Waals surface area (Å²) in [6.07, 6.45) is 3.19. The first-order valence-corrected chi connectivity index (χ1v) is 9.18. The van der Waals surface area contributed by atoms with Gasteiger partial charge in [0.05, 0.1) is 30.3 Å². The van der Waals surface area contributed by atoms with Crippen LogP contribution in [0.1, 0.15) is 21.8 Å². The number of aryl methyl sites for hydroxylation is 1. The zero-order valence-electron chi connectivity index (χ0n) is 14.9. The molecule has 4 aromatic rings. The van der Waals surface area contributed by atoms with Crippen molar-refractivity contribution in [2.75, 3.05) is 12.0 Å². The van der Waals surface area contributed by atoms with E-state index >= 15 is 0 Å². The molecule has 0 aliphatic heterocycles. The topological polar surface area (TPSA) is 68.5 Å². The van der Waals surface area contributed by atoms with Gasteiger partial charge in [-0.1, -0.05) is 23.5 Å². The van der Waals surface area contributed by atoms with E-state index in [1.165, 1.54) is 17.6 Å². The lowest BCUT2D eigenvalue weighted by molar-refractivity contribution is 0.0958. The molecule has 3 aromatic heterocycles. The van der Waals surface area contributed by atoms with Crippen LogP contribution in [0.15, 0.2) is 59.3 Å². The van der Waals surface area contributed by atoms with Crippen molar-refractivity contribution in [1.29, 1.82) is 0 Å². The normalized spacial score (nSPS) is 10.9. The number of benzene rings is 1. The zero-order valence-corrected chi connectivity index (χ0v) is 15.7. The van der Waals surface area contributed by atoms with Crippen LogP contribution in [0.2, 0.25) is 0 Å². The number of ether oxygens (including phenoxy) is 1. The lowest BCUT2D eigenvalue weighted by Gasteiger charge is -2.18. The fraction of sp³-hybridized carbons (Fsp3) is 0.150. The van der Waals surface area contributed by atoms with E-state index in [4.69, 9.17) is 14.1 Å². The van der Waals surface area contributed by atoms with Gasteiger partial charge in [0.1, 0.15) is 11.3 Å². The number of thiazole rings is 1. The fourth-order valence-corrected chi connectivity index (χ4v) is 3.84. The van der Waals surface area contributed by atoms with Gasteiger partial charge in [-0.05, 0) is 42.8 Å². The van der Waals surface area contributed by atoms with Crippen LogP contribution in [-0.2, 0) is 6.54 Å². The van der Waals surface area contributed by atoms with E-state index in [2.05, 4.69) is 4.98 Å². The third-order valence-corrected chi connectivity index (χ3v) is 5.38. The lowest BCUT2D eigenvalue weighted by Crippen LogP contribution is -2.30. The van der Waals surface area contributed by atoms with Gasteiger partial charge in [-0.3, -0.25) is 14.7 Å². The highest BCUT2D eigenvalue weighted by atomic mass is 32.1. The third kappa shape index (κ3) is 3.29. The Morgan fingerprint density at radius 2 is 2.11 bits per heavy atom. The number of carbonyl (C=O) groups excluding carboxylic acids is 1. The number of pyridine rings is 1. The van der Waals surface area contributed by atoms with Crippen LogP contribution in [0.3, 0.4) is 0 Å². The van der Waals surface area contributed by atoms with Gasteiger partial charge in [-0.15, -0.1) is 0 Å². The first kappa shape index (κ1) is 17.2. The van der Waals surface area contributed by atoms with Gasteiger partial charge in [0.15, 0.2) is 10.9 Å². The van der Waals surface area contributed by atoms with Crippen LogP contribution in [0.25, 0.3) is 10.2 Å². The molecule has 0 aliphatic rings. The number of anilines is 1. The van der Waals surface area contributed by atoms with E-state index < -0.39 is 0 Å². The zero-order chi connectivity index (χ0) is 18.8. The van der Waals surface area contributed by atoms with Crippen LogP contribution < -0.4 is 9.64 Å². The number of nitrogens with zero attached hydrogens (tertiary/aromatic N) is 3. The number of carbonyl (C=O) groups is 1. The Morgan fingerprint density at radius 3 is 2.81 bits per heavy atom. The molecule has 0 spiro atoms. The maximum absolute atomic E-state index is 13.1. The Morgan fingerprint density at radius 1 is 1.22 bits per heavy atom. The van der Waals surface area contributed by atoms with E-state index in [1.54, 1.807) is 30.3 Å². The molecule has 0 atom stereocenters. The number of hydrogen-bond donors (Lipinski definition) is 0. The van der Waals surface area contributed by atoms with Crippen molar-refractivity contribution in [3.05, 3.63) is 71.9 Å². The minimum Gasteiger partial charge on any atom is -0.494 e. The molecule has 0 bridgehead atoms. The summed E-state index contributed by atoms with van der Waals surface area (Å²) in [7, 11) is 1.61. The minimum absolute atomic E-state index is 0.258. The molecule has 6 nitrogen and oxygen atoms in total. The van der Waals surface area contributed by atoms with Gasteiger partial charge in [-0.2, -0.15) is 0 Å². The molecule has 7 heteroatoms. The second kappa shape index (κ2) is 7.20. The lowest BCUT2D eigenvalue weighted by atomic mass is 10.2. The molecule has 0 radical (unpaired) electrons. The summed E-state index contributed by atoms with van der Waals surface area (Å²) < 4.78 is 11.7. The van der Waals surface area contributed by atoms with Crippen LogP contribution in [-0.4, -0.2) is 23.0 Å². The smallest absolute Gasteiger partial charge is 0.296 e. The van der Waals surface area contributed by atoms with Crippen molar-refractivity contribution in [2.24, 2.45) is 0 Å². The molecule has 0 aliphatic carbocycles. The maximum atomic E-state index is 13.1. The molecule has 1 aromatic carbocycles. The van der Waals surface area contributed by atoms with E-state index in [0.29, 0.717) is 17.4 Å². The van der Waals surface area contributed by atoms with Crippen LogP contribution in [0, 0.1) is 6.92 Å². The fourth-order valence-electron chi connectivity index (χ4n) is 2.79. The van der Waals surface area contributed by atoms with Gasteiger partial charge >= 0.3 is 0 Å². The second-order valence-corrected chi connectivity index (χ2v) is 6.93. The standard InChI is InChI=1S/C20H17N3O3S/c1-13-8-9-15(25-2)17-18(13)27-20(22-17)23(12-14-6-3-4-10-21-14)19(24)16-7-5-11-26-16/h3-11H,12H2,1-2H3. The van der Waals surface area contributed by atoms with Gasteiger partial charge < -0.3 is 9.15 Å². The number of amides is 1. The van der Waals surface area contributed by atoms with E-state index in [1.807, 2.05) is 37.3 Å². The highest BCUT2D eigenvalue weighted by molar-refractivity contribution is 7.22. The second-order valence-electron chi connectivity index (χ2n) is 5.95. The summed E-state index contributed by atoms with van der Waals surface area (Å²) in [5, 5.41) is 0.574. The molecule has 136 valence electrons. The Bertz CT molecular complexity index is 1070. The molecule has 0 saturated carbocycles. The first-order valence-electron chi connectivity index (χ1n) is 8.37. The monoisotopic (exact) mass is 379 g/mol. The molecule has 0 saturated heterocycles. The largest absolute Gasteiger partial charge is 0.494 e. The first-order chi connectivity index (χ1) is 13.2. The highest BCUT2D eigenvalue weighted by Crippen LogP contribution is 2.37. The quantitative estimate of drug-likeness (QED) is 0.512. The average Bonchev–Trinajstić information content (AvgIpc) is 3.37. The summed E-state index contributed by atoms with van der Waals surface area (Å²) >= 11 is 1.45. The van der Waals surface area contributed by atoms with Crippen molar-refractivity contribution in [3.8, 4) is 5.75 Å². The van der Waals surface area contributed by atoms with Gasteiger partial charge in [0, 0.05) is 6.20 Å². The summed E-state index contributed by atoms with van der Waals surface area (Å²) in [6, 6.07) is 12.8. The predicted octanol–water partition coefficient (Wildman–Crippen LogP) is 4.45. The van der Waals surface area contributed by atoms with Crippen molar-refractivity contribution in [1.82, 2.24) is 9.97 Å². The molecule has 4 rings (SSSR count). The number of aromatic nitrogens is 2. The Labute approximate surface area is 160 Å². The van der Waals surface area contributed by atoms with E-state index in [-0.39, 0.29) is 11.7 Å². The average molecular weight is 379 g/mol. The molecule has 0 fully saturated rings. The van der Waals surface area contributed by atoms with Crippen LogP contribution in [0.4, 0.5) is 5.13 Å². The summed E-state index contributed by atoms with van der Waals surface area (Å²) in [5.74, 6) is 0.677. The molecular weight excluding hydrogens is 362 g/mol. The number of furan rings is 1. The SMILES string of the molecule is COc1ccc(C)c2sc(N(Cc3ccccn3)C(=O)c3ccco3)nc12. The van der Waals surface area contributed by atoms with Crippen molar-refractivity contribution in [2.45, 2.75) is 13.5 Å². The number of rotatable bonds is 5. The predicted molar refractivity (Wildman–Crippen MR) is 104 cm³/mol. The number of fused-ring (bicyclic) bond motifs is 1. The van der Waals surface area contributed by atoms with Crippen molar-refractivity contribution >= 4 is 32.6 Å². The van der Waals surface area contributed by atoms with Crippen molar-refractivity contribution < 1.29 is 13.9 Å². The number of hydrogen-bond acceptors (Lipinski definition) is 6. The Balaban J connectivity index is 1.81. The minimum atomic E-state index is -0.263. The molecule has 0 N–H and O–H groups in total. The molecule has 1 amide bonds. The summed E-state index contributed by atoms with van der Waals surface area (Å²) in [6.45, 7) is 2.31. The van der Waals surface area contributed by atoms with Crippen molar-refractivity contribution in [3.63, 3.8) is 0 Å². The Hall–Kier alpha value is -3.19. The third-order valence-electron chi connectivity index (χ3n) is 4.17.